The number of hydrogen-bond donors (Lipinski definition) is 2. The first-order valence-electron chi connectivity index (χ1n) is 14.2. The second-order valence-corrected chi connectivity index (χ2v) is 12.7. The van der Waals surface area contributed by atoms with Crippen molar-refractivity contribution in [3.8, 4) is 5.75 Å². The lowest BCUT2D eigenvalue weighted by Crippen LogP contribution is -2.37. The van der Waals surface area contributed by atoms with Crippen molar-refractivity contribution in [2.45, 2.75) is 62.1 Å². The molecule has 0 bridgehead atoms. The highest BCUT2D eigenvalue weighted by molar-refractivity contribution is 7.91. The summed E-state index contributed by atoms with van der Waals surface area (Å²) in [6.45, 7) is 1.86. The molecule has 11 nitrogen and oxygen atoms in total. The van der Waals surface area contributed by atoms with E-state index in [4.69, 9.17) is 9.47 Å². The third-order valence-corrected chi connectivity index (χ3v) is 8.98. The predicted molar refractivity (Wildman–Crippen MR) is 154 cm³/mol. The van der Waals surface area contributed by atoms with Crippen LogP contribution in [0.2, 0.25) is 0 Å². The van der Waals surface area contributed by atoms with Gasteiger partial charge in [-0.3, -0.25) is 9.78 Å². The van der Waals surface area contributed by atoms with Gasteiger partial charge in [-0.25, -0.2) is 18.4 Å². The number of rotatable bonds is 13. The molecule has 46 heavy (non-hydrogen) atoms. The number of alkyl halides is 5. The van der Waals surface area contributed by atoms with Crippen LogP contribution >= 0.6 is 0 Å². The fourth-order valence-electron chi connectivity index (χ4n) is 4.59. The topological polar surface area (TPSA) is 144 Å². The van der Waals surface area contributed by atoms with Crippen molar-refractivity contribution in [3.05, 3.63) is 71.8 Å². The summed E-state index contributed by atoms with van der Waals surface area (Å²) in [5.41, 5.74) is -0.638. The summed E-state index contributed by atoms with van der Waals surface area (Å²) in [7, 11) is -3.49. The van der Waals surface area contributed by atoms with E-state index in [1.54, 1.807) is 4.90 Å². The Labute approximate surface area is 261 Å². The van der Waals surface area contributed by atoms with Gasteiger partial charge in [-0.2, -0.15) is 22.0 Å². The Morgan fingerprint density at radius 1 is 1.04 bits per heavy atom. The molecule has 2 N–H and O–H groups in total. The van der Waals surface area contributed by atoms with Gasteiger partial charge in [0.05, 0.1) is 59.3 Å². The van der Waals surface area contributed by atoms with Crippen LogP contribution in [-0.2, 0) is 20.8 Å². The number of nitrogens with one attached hydrogen (secondary N) is 1. The van der Waals surface area contributed by atoms with Gasteiger partial charge in [-0.15, -0.1) is 0 Å². The minimum Gasteiger partial charge on any atom is -0.489 e. The number of halogens is 5. The van der Waals surface area contributed by atoms with Gasteiger partial charge >= 0.3 is 12.3 Å². The highest BCUT2D eigenvalue weighted by Crippen LogP contribution is 2.32. The van der Waals surface area contributed by atoms with E-state index in [2.05, 4.69) is 20.3 Å². The van der Waals surface area contributed by atoms with Gasteiger partial charge < -0.3 is 24.8 Å². The number of ether oxygens (including phenoxy) is 2. The summed E-state index contributed by atoms with van der Waals surface area (Å²) in [6.07, 6.45) is -5.40. The van der Waals surface area contributed by atoms with Crippen molar-refractivity contribution >= 4 is 21.7 Å². The number of aliphatic hydroxyl groups excluding tert-OH is 1. The molecule has 2 aromatic heterocycles. The lowest BCUT2D eigenvalue weighted by atomic mass is 10.2. The van der Waals surface area contributed by atoms with E-state index in [0.29, 0.717) is 0 Å². The maximum absolute atomic E-state index is 13.9. The molecule has 3 aromatic rings. The first kappa shape index (κ1) is 34.9. The molecule has 0 radical (unpaired) electrons. The number of aliphatic hydroxyl groups is 1. The molecule has 0 aliphatic carbocycles. The second kappa shape index (κ2) is 14.2. The Morgan fingerprint density at radius 2 is 1.72 bits per heavy atom. The van der Waals surface area contributed by atoms with Gasteiger partial charge in [-0.05, 0) is 36.4 Å². The maximum atomic E-state index is 13.9. The Hall–Kier alpha value is -3.96. The molecule has 1 fully saturated rings. The van der Waals surface area contributed by atoms with E-state index < -0.39 is 71.4 Å². The normalized spacial score (nSPS) is 18.0. The van der Waals surface area contributed by atoms with Crippen LogP contribution in [0.25, 0.3) is 0 Å². The number of nitrogens with zero attached hydrogens (tertiary/aromatic N) is 4. The molecule has 1 saturated heterocycles. The van der Waals surface area contributed by atoms with Crippen LogP contribution in [0.1, 0.15) is 54.3 Å². The standard InChI is InChI=1S/C29H32F5N5O6S/c1-3-28(30,31)44-17-20-11-22(45-21-7-5-19(6-8-21)29(32,33)34)15-39(20)27-36-12-18(13-37-27)26(41)38-25(16-40)24-10-9-23(14-35-24)46(42,43)4-2/h5-10,12-14,20,22,25,40H,3-4,11,15-17H2,1-2H3,(H,38,41)/t20-,22?,25-/m0/s1. The number of carbonyl (C=O) groups excluding carboxylic acids is 1. The van der Waals surface area contributed by atoms with E-state index >= 15 is 0 Å². The van der Waals surface area contributed by atoms with Crippen LogP contribution in [0.4, 0.5) is 27.9 Å². The van der Waals surface area contributed by atoms with Crippen molar-refractivity contribution in [1.82, 2.24) is 20.3 Å². The van der Waals surface area contributed by atoms with Gasteiger partial charge in [0.1, 0.15) is 11.9 Å². The number of aromatic nitrogens is 3. The molecule has 1 aromatic carbocycles. The van der Waals surface area contributed by atoms with Gasteiger partial charge in [0, 0.05) is 31.4 Å². The van der Waals surface area contributed by atoms with Gasteiger partial charge in [0.2, 0.25) is 5.95 Å². The monoisotopic (exact) mass is 673 g/mol. The zero-order valence-corrected chi connectivity index (χ0v) is 25.6. The molecule has 1 aliphatic rings. The van der Waals surface area contributed by atoms with Gasteiger partial charge in [-0.1, -0.05) is 13.8 Å². The second-order valence-electron chi connectivity index (χ2n) is 10.4. The van der Waals surface area contributed by atoms with Crippen molar-refractivity contribution < 1.29 is 49.7 Å². The number of anilines is 1. The number of hydrogen-bond acceptors (Lipinski definition) is 10. The summed E-state index contributed by atoms with van der Waals surface area (Å²) in [5.74, 6) is -0.574. The molecule has 1 amide bonds. The molecule has 0 saturated carbocycles. The quantitative estimate of drug-likeness (QED) is 0.254. The number of benzene rings is 1. The Bertz CT molecular complexity index is 1580. The van der Waals surface area contributed by atoms with Crippen LogP contribution < -0.4 is 15.0 Å². The fourth-order valence-corrected chi connectivity index (χ4v) is 5.41. The van der Waals surface area contributed by atoms with Gasteiger partial charge in [0.15, 0.2) is 9.84 Å². The van der Waals surface area contributed by atoms with E-state index in [9.17, 15) is 40.3 Å². The molecule has 0 spiro atoms. The number of carbonyl (C=O) groups is 1. The van der Waals surface area contributed by atoms with Crippen molar-refractivity contribution in [3.63, 3.8) is 0 Å². The third kappa shape index (κ3) is 8.64. The Balaban J connectivity index is 1.46. The molecule has 250 valence electrons. The molecule has 1 unspecified atom stereocenters. The highest BCUT2D eigenvalue weighted by Gasteiger charge is 2.38. The molecule has 4 rings (SSSR count). The summed E-state index contributed by atoms with van der Waals surface area (Å²) < 4.78 is 101. The Kier molecular flexibility index (Phi) is 10.8. The lowest BCUT2D eigenvalue weighted by molar-refractivity contribution is -0.241. The smallest absolute Gasteiger partial charge is 0.416 e. The molecule has 17 heteroatoms. The molecule has 3 atom stereocenters. The first-order valence-corrected chi connectivity index (χ1v) is 15.9. The third-order valence-electron chi connectivity index (χ3n) is 7.26. The summed E-state index contributed by atoms with van der Waals surface area (Å²) in [6, 6.07) is 5.13. The fraction of sp³-hybridized carbons (Fsp3) is 0.448. The van der Waals surface area contributed by atoms with Crippen molar-refractivity contribution in [1.29, 1.82) is 0 Å². The average molecular weight is 674 g/mol. The van der Waals surface area contributed by atoms with E-state index in [1.165, 1.54) is 50.5 Å². The molecular weight excluding hydrogens is 641 g/mol. The zero-order valence-electron chi connectivity index (χ0n) is 24.7. The molecule has 1 aliphatic heterocycles. The van der Waals surface area contributed by atoms with Crippen LogP contribution in [0.5, 0.6) is 5.75 Å². The minimum absolute atomic E-state index is 0.00165. The average Bonchev–Trinajstić information content (AvgIpc) is 3.45. The van der Waals surface area contributed by atoms with Gasteiger partial charge in [0.25, 0.3) is 5.91 Å². The van der Waals surface area contributed by atoms with Crippen LogP contribution in [0.3, 0.4) is 0 Å². The van der Waals surface area contributed by atoms with E-state index in [1.807, 2.05) is 0 Å². The minimum atomic E-state index is -4.52. The first-order chi connectivity index (χ1) is 21.7. The number of amides is 1. The largest absolute Gasteiger partial charge is 0.489 e. The summed E-state index contributed by atoms with van der Waals surface area (Å²) >= 11 is 0. The maximum Gasteiger partial charge on any atom is 0.416 e. The number of sulfone groups is 1. The summed E-state index contributed by atoms with van der Waals surface area (Å²) in [4.78, 5) is 27.0. The number of pyridine rings is 1. The van der Waals surface area contributed by atoms with Crippen molar-refractivity contribution in [2.24, 2.45) is 0 Å². The predicted octanol–water partition coefficient (Wildman–Crippen LogP) is 4.19. The van der Waals surface area contributed by atoms with Crippen LogP contribution in [-0.4, -0.2) is 78.1 Å². The Morgan fingerprint density at radius 3 is 2.26 bits per heavy atom. The molecular formula is C29H32F5N5O6S. The van der Waals surface area contributed by atoms with Crippen LogP contribution in [0, 0.1) is 0 Å². The zero-order chi connectivity index (χ0) is 33.7. The van der Waals surface area contributed by atoms with E-state index in [-0.39, 0.29) is 46.6 Å². The van der Waals surface area contributed by atoms with Crippen molar-refractivity contribution in [2.75, 3.05) is 30.4 Å². The summed E-state index contributed by atoms with van der Waals surface area (Å²) in [5, 5.41) is 12.4. The highest BCUT2D eigenvalue weighted by atomic mass is 32.2. The van der Waals surface area contributed by atoms with Crippen LogP contribution in [0.15, 0.2) is 59.9 Å². The van der Waals surface area contributed by atoms with E-state index in [0.717, 1.165) is 18.3 Å². The molecule has 3 heterocycles. The SMILES string of the molecule is CCC(F)(F)OC[C@@H]1CC(Oc2ccc(C(F)(F)F)cc2)CN1c1ncc(C(=O)N[C@@H](CO)c2ccc(S(=O)(=O)CC)cn2)cn1. The lowest BCUT2D eigenvalue weighted by Gasteiger charge is -2.26.